The first kappa shape index (κ1) is 16.2. The highest BCUT2D eigenvalue weighted by molar-refractivity contribution is 6.12. The van der Waals surface area contributed by atoms with Gasteiger partial charge < -0.3 is 16.6 Å². The van der Waals surface area contributed by atoms with Gasteiger partial charge in [-0.05, 0) is 24.3 Å². The zero-order valence-electron chi connectivity index (χ0n) is 13.4. The van der Waals surface area contributed by atoms with Crippen molar-refractivity contribution in [2.45, 2.75) is 0 Å². The van der Waals surface area contributed by atoms with Crippen LogP contribution in [-0.4, -0.2) is 21.8 Å². The quantitative estimate of drug-likeness (QED) is 0.387. The Kier molecular flexibility index (Phi) is 4.71. The zero-order chi connectivity index (χ0) is 17.6. The molecule has 0 aliphatic heterocycles. The first-order chi connectivity index (χ1) is 12.1. The monoisotopic (exact) mass is 331 g/mol. The molecule has 0 fully saturated rings. The molecule has 0 spiro atoms. The molecule has 0 atom stereocenters. The summed E-state index contributed by atoms with van der Waals surface area (Å²) in [4.78, 5) is 4.66. The maximum Gasteiger partial charge on any atom is 0.211 e. The fourth-order valence-electron chi connectivity index (χ4n) is 2.35. The normalized spacial score (nSPS) is 11.1. The molecular weight excluding hydrogens is 314 g/mol. The minimum absolute atomic E-state index is 0.120. The molecule has 0 amide bonds. The van der Waals surface area contributed by atoms with Gasteiger partial charge in [0, 0.05) is 11.1 Å². The van der Waals surface area contributed by atoms with Gasteiger partial charge >= 0.3 is 0 Å². The van der Waals surface area contributed by atoms with Crippen molar-refractivity contribution in [3.8, 4) is 17.0 Å². The summed E-state index contributed by atoms with van der Waals surface area (Å²) in [5.74, 6) is -0.0361. The van der Waals surface area contributed by atoms with Crippen molar-refractivity contribution >= 4 is 11.7 Å². The highest BCUT2D eigenvalue weighted by Gasteiger charge is 2.11. The second kappa shape index (κ2) is 7.27. The lowest BCUT2D eigenvalue weighted by Crippen LogP contribution is -2.22. The van der Waals surface area contributed by atoms with Crippen LogP contribution in [0.25, 0.3) is 11.3 Å². The summed E-state index contributed by atoms with van der Waals surface area (Å²) in [7, 11) is 0. The number of nitrogens with two attached hydrogens (primary N) is 2. The molecule has 1 aromatic heterocycles. The fourth-order valence-corrected chi connectivity index (χ4v) is 2.35. The lowest BCUT2D eigenvalue weighted by Gasteiger charge is -2.08. The number of benzene rings is 2. The van der Waals surface area contributed by atoms with Crippen molar-refractivity contribution in [3.63, 3.8) is 0 Å². The van der Waals surface area contributed by atoms with Gasteiger partial charge in [-0.25, -0.2) is 4.98 Å². The van der Waals surface area contributed by atoms with Crippen LogP contribution in [0.2, 0.25) is 0 Å². The number of guanidine groups is 1. The molecular formula is C19H17N5O. The van der Waals surface area contributed by atoms with Crippen LogP contribution in [0, 0.1) is 0 Å². The van der Waals surface area contributed by atoms with Gasteiger partial charge in [-0.1, -0.05) is 48.5 Å². The summed E-state index contributed by atoms with van der Waals surface area (Å²) in [6.07, 6.45) is 0. The predicted octanol–water partition coefficient (Wildman–Crippen LogP) is 2.48. The van der Waals surface area contributed by atoms with E-state index >= 15 is 0 Å². The van der Waals surface area contributed by atoms with E-state index in [-0.39, 0.29) is 11.7 Å². The maximum absolute atomic E-state index is 9.76. The highest BCUT2D eigenvalue weighted by atomic mass is 16.3. The summed E-state index contributed by atoms with van der Waals surface area (Å²) in [6.45, 7) is 0. The number of rotatable bonds is 4. The molecule has 1 heterocycles. The Hall–Kier alpha value is -3.67. The summed E-state index contributed by atoms with van der Waals surface area (Å²) in [5.41, 5.74) is 14.3. The SMILES string of the molecule is NC(N)=N/N=C(/c1cccc(O)c1)c1cccc(-c2ccccc2)n1. The van der Waals surface area contributed by atoms with Crippen molar-refractivity contribution in [3.05, 3.63) is 84.1 Å². The Morgan fingerprint density at radius 3 is 2.32 bits per heavy atom. The molecule has 0 aliphatic carbocycles. The van der Waals surface area contributed by atoms with Crippen LogP contribution in [-0.2, 0) is 0 Å². The van der Waals surface area contributed by atoms with Crippen LogP contribution in [0.4, 0.5) is 0 Å². The number of phenols is 1. The summed E-state index contributed by atoms with van der Waals surface area (Å²) >= 11 is 0. The molecule has 2 aromatic carbocycles. The van der Waals surface area contributed by atoms with Crippen LogP contribution < -0.4 is 11.5 Å². The van der Waals surface area contributed by atoms with Crippen LogP contribution in [0.15, 0.2) is 83.0 Å². The summed E-state index contributed by atoms with van der Waals surface area (Å²) < 4.78 is 0. The fraction of sp³-hybridized carbons (Fsp3) is 0. The molecule has 0 saturated carbocycles. The molecule has 3 rings (SSSR count). The highest BCUT2D eigenvalue weighted by Crippen LogP contribution is 2.20. The van der Waals surface area contributed by atoms with E-state index in [0.29, 0.717) is 17.0 Å². The molecule has 0 bridgehead atoms. The van der Waals surface area contributed by atoms with Crippen molar-refractivity contribution < 1.29 is 5.11 Å². The third-order valence-corrected chi connectivity index (χ3v) is 3.45. The van der Waals surface area contributed by atoms with Crippen LogP contribution >= 0.6 is 0 Å². The number of aromatic nitrogens is 1. The molecule has 0 saturated heterocycles. The predicted molar refractivity (Wildman–Crippen MR) is 99.2 cm³/mol. The van der Waals surface area contributed by atoms with E-state index in [9.17, 15) is 5.11 Å². The zero-order valence-corrected chi connectivity index (χ0v) is 13.4. The Labute approximate surface area is 145 Å². The summed E-state index contributed by atoms with van der Waals surface area (Å²) in [5, 5.41) is 17.6. The molecule has 5 N–H and O–H groups in total. The van der Waals surface area contributed by atoms with E-state index in [1.54, 1.807) is 24.3 Å². The van der Waals surface area contributed by atoms with Crippen LogP contribution in [0.1, 0.15) is 11.3 Å². The Morgan fingerprint density at radius 2 is 1.60 bits per heavy atom. The molecule has 6 nitrogen and oxygen atoms in total. The van der Waals surface area contributed by atoms with Gasteiger partial charge in [-0.3, -0.25) is 0 Å². The lowest BCUT2D eigenvalue weighted by atomic mass is 10.1. The maximum atomic E-state index is 9.76. The molecule has 0 radical (unpaired) electrons. The van der Waals surface area contributed by atoms with Gasteiger partial charge in [0.05, 0.1) is 11.4 Å². The average Bonchev–Trinajstić information content (AvgIpc) is 2.63. The van der Waals surface area contributed by atoms with Crippen molar-refractivity contribution in [1.82, 2.24) is 4.98 Å². The van der Waals surface area contributed by atoms with Crippen molar-refractivity contribution in [1.29, 1.82) is 0 Å². The van der Waals surface area contributed by atoms with E-state index in [0.717, 1.165) is 11.3 Å². The molecule has 3 aromatic rings. The van der Waals surface area contributed by atoms with Gasteiger partial charge in [0.25, 0.3) is 0 Å². The van der Waals surface area contributed by atoms with Gasteiger partial charge in [0.15, 0.2) is 0 Å². The van der Waals surface area contributed by atoms with Crippen molar-refractivity contribution in [2.75, 3.05) is 0 Å². The molecule has 0 aliphatic rings. The number of nitrogens with zero attached hydrogens (tertiary/aromatic N) is 3. The average molecular weight is 331 g/mol. The standard InChI is InChI=1S/C19H17N5O/c20-19(21)24-23-18(14-8-4-9-15(25)12-14)17-11-5-10-16(22-17)13-6-2-1-3-7-13/h1-12,25H,(H4,20,21,24)/b23-18-. The van der Waals surface area contributed by atoms with E-state index in [4.69, 9.17) is 11.5 Å². The van der Waals surface area contributed by atoms with Gasteiger partial charge in [0.1, 0.15) is 11.5 Å². The number of hydrogen-bond acceptors (Lipinski definition) is 4. The van der Waals surface area contributed by atoms with Gasteiger partial charge in [-0.15, -0.1) is 10.2 Å². The van der Waals surface area contributed by atoms with Gasteiger partial charge in [0.2, 0.25) is 5.96 Å². The number of phenolic OH excluding ortho intramolecular Hbond substituents is 1. The van der Waals surface area contributed by atoms with E-state index < -0.39 is 0 Å². The minimum Gasteiger partial charge on any atom is -0.508 e. The number of pyridine rings is 1. The Morgan fingerprint density at radius 1 is 0.840 bits per heavy atom. The number of aromatic hydroxyl groups is 1. The first-order valence-corrected chi connectivity index (χ1v) is 7.62. The largest absolute Gasteiger partial charge is 0.508 e. The van der Waals surface area contributed by atoms with E-state index in [1.807, 2.05) is 48.5 Å². The first-order valence-electron chi connectivity index (χ1n) is 7.62. The topological polar surface area (TPSA) is 110 Å². The third-order valence-electron chi connectivity index (χ3n) is 3.45. The molecule has 0 unspecified atom stereocenters. The van der Waals surface area contributed by atoms with Crippen LogP contribution in [0.5, 0.6) is 5.75 Å². The van der Waals surface area contributed by atoms with Gasteiger partial charge in [-0.2, -0.15) is 0 Å². The second-order valence-corrected chi connectivity index (χ2v) is 5.30. The second-order valence-electron chi connectivity index (χ2n) is 5.30. The van der Waals surface area contributed by atoms with E-state index in [1.165, 1.54) is 0 Å². The van der Waals surface area contributed by atoms with E-state index in [2.05, 4.69) is 15.2 Å². The molecule has 25 heavy (non-hydrogen) atoms. The Balaban J connectivity index is 2.11. The number of hydrogen-bond donors (Lipinski definition) is 3. The third kappa shape index (κ3) is 4.00. The van der Waals surface area contributed by atoms with Crippen LogP contribution in [0.3, 0.4) is 0 Å². The van der Waals surface area contributed by atoms with Crippen molar-refractivity contribution in [2.24, 2.45) is 21.7 Å². The Bertz CT molecular complexity index is 931. The molecule has 124 valence electrons. The smallest absolute Gasteiger partial charge is 0.211 e. The summed E-state index contributed by atoms with van der Waals surface area (Å²) in [6, 6.07) is 22.1. The minimum atomic E-state index is -0.156. The molecule has 6 heteroatoms. The lowest BCUT2D eigenvalue weighted by molar-refractivity contribution is 0.475.